The number of anilines is 2. The highest BCUT2D eigenvalue weighted by Gasteiger charge is 2.32. The molecular weight excluding hydrogens is 391 g/mol. The maximum Gasteiger partial charge on any atom is 0.148 e. The molecule has 1 aromatic carbocycles. The number of hydrogen-bond acceptors (Lipinski definition) is 6. The zero-order valence-electron chi connectivity index (χ0n) is 15.8. The molecule has 3 aromatic heterocycles. The largest absolute Gasteiger partial charge is 0.352 e. The van der Waals surface area contributed by atoms with Gasteiger partial charge in [0.1, 0.15) is 10.6 Å². The molecule has 4 aromatic rings. The van der Waals surface area contributed by atoms with Gasteiger partial charge in [0, 0.05) is 28.4 Å². The number of pyridine rings is 1. The van der Waals surface area contributed by atoms with Crippen LogP contribution in [0.15, 0.2) is 36.0 Å². The molecule has 0 amide bonds. The Morgan fingerprint density at radius 3 is 2.96 bits per heavy atom. The van der Waals surface area contributed by atoms with Gasteiger partial charge >= 0.3 is 0 Å². The summed E-state index contributed by atoms with van der Waals surface area (Å²) in [6, 6.07) is 8.03. The van der Waals surface area contributed by atoms with Crippen molar-refractivity contribution in [3.05, 3.63) is 46.7 Å². The Balaban J connectivity index is 1.51. The van der Waals surface area contributed by atoms with Crippen molar-refractivity contribution >= 4 is 54.5 Å². The summed E-state index contributed by atoms with van der Waals surface area (Å²) >= 11 is 3.21. The molecule has 0 bridgehead atoms. The van der Waals surface area contributed by atoms with E-state index < -0.39 is 0 Å². The van der Waals surface area contributed by atoms with Gasteiger partial charge in [-0.3, -0.25) is 0 Å². The first kappa shape index (κ1) is 18.0. The van der Waals surface area contributed by atoms with Crippen LogP contribution in [0, 0.1) is 5.82 Å². The van der Waals surface area contributed by atoms with Crippen LogP contribution in [-0.4, -0.2) is 34.0 Å². The van der Waals surface area contributed by atoms with Crippen LogP contribution in [-0.2, 0) is 0 Å². The molecule has 0 radical (unpaired) electrons. The van der Waals surface area contributed by atoms with Gasteiger partial charge in [0.2, 0.25) is 0 Å². The van der Waals surface area contributed by atoms with Gasteiger partial charge in [-0.1, -0.05) is 6.92 Å². The first-order valence-corrected chi connectivity index (χ1v) is 11.3. The molecule has 0 unspecified atom stereocenters. The van der Waals surface area contributed by atoms with Crippen LogP contribution in [0.3, 0.4) is 0 Å². The Morgan fingerprint density at radius 1 is 1.25 bits per heavy atom. The molecule has 1 aliphatic rings. The molecule has 5 rings (SSSR count). The minimum Gasteiger partial charge on any atom is -0.352 e. The molecule has 0 aliphatic carbocycles. The van der Waals surface area contributed by atoms with Gasteiger partial charge in [-0.15, -0.1) is 22.7 Å². The summed E-state index contributed by atoms with van der Waals surface area (Å²) < 4.78 is 15.4. The lowest BCUT2D eigenvalue weighted by atomic mass is 9.99. The third-order valence-corrected chi connectivity index (χ3v) is 7.77. The zero-order chi connectivity index (χ0) is 19.3. The third kappa shape index (κ3) is 2.98. The Kier molecular flexibility index (Phi) is 4.53. The molecule has 0 spiro atoms. The SMILES string of the molecule is CCN1CC[C@@H](c2cc3c(Nc4cc5ncsc5cc4F)ccnc3s2)[C@H]1C. The summed E-state index contributed by atoms with van der Waals surface area (Å²) in [5.74, 6) is 0.273. The monoisotopic (exact) mass is 412 g/mol. The Morgan fingerprint density at radius 2 is 2.14 bits per heavy atom. The number of hydrogen-bond donors (Lipinski definition) is 1. The number of likely N-dealkylation sites (tertiary alicyclic amines) is 1. The van der Waals surface area contributed by atoms with E-state index in [9.17, 15) is 4.39 Å². The average molecular weight is 413 g/mol. The summed E-state index contributed by atoms with van der Waals surface area (Å²) in [5, 5.41) is 4.34. The lowest BCUT2D eigenvalue weighted by Gasteiger charge is -2.22. The average Bonchev–Trinajstić information content (AvgIpc) is 3.39. The molecule has 1 fully saturated rings. The van der Waals surface area contributed by atoms with E-state index in [2.05, 4.69) is 40.1 Å². The third-order valence-electron chi connectivity index (χ3n) is 5.80. The van der Waals surface area contributed by atoms with E-state index in [1.165, 1.54) is 22.6 Å². The molecule has 1 N–H and O–H groups in total. The quantitative estimate of drug-likeness (QED) is 0.447. The predicted octanol–water partition coefficient (Wildman–Crippen LogP) is 5.99. The van der Waals surface area contributed by atoms with Crippen LogP contribution >= 0.6 is 22.7 Å². The van der Waals surface area contributed by atoms with Crippen LogP contribution in [0.4, 0.5) is 15.8 Å². The second kappa shape index (κ2) is 7.06. The highest BCUT2D eigenvalue weighted by atomic mass is 32.1. The maximum absolute atomic E-state index is 14.6. The molecule has 144 valence electrons. The number of nitrogens with zero attached hydrogens (tertiary/aromatic N) is 3. The van der Waals surface area contributed by atoms with E-state index in [0.717, 1.165) is 39.2 Å². The van der Waals surface area contributed by atoms with E-state index in [1.807, 2.05) is 6.07 Å². The van der Waals surface area contributed by atoms with Gasteiger partial charge in [-0.05, 0) is 50.7 Å². The van der Waals surface area contributed by atoms with Crippen LogP contribution < -0.4 is 5.32 Å². The summed E-state index contributed by atoms with van der Waals surface area (Å²) in [6.45, 7) is 6.78. The van der Waals surface area contributed by atoms with E-state index >= 15 is 0 Å². The van der Waals surface area contributed by atoms with Gasteiger partial charge < -0.3 is 10.2 Å². The van der Waals surface area contributed by atoms with Crippen molar-refractivity contribution < 1.29 is 4.39 Å². The Bertz CT molecular complexity index is 1150. The highest BCUT2D eigenvalue weighted by molar-refractivity contribution is 7.18. The summed E-state index contributed by atoms with van der Waals surface area (Å²) in [6.07, 6.45) is 2.97. The number of rotatable bonds is 4. The molecule has 4 heterocycles. The van der Waals surface area contributed by atoms with E-state index in [-0.39, 0.29) is 5.82 Å². The van der Waals surface area contributed by atoms with Gasteiger partial charge in [0.05, 0.1) is 27.1 Å². The molecule has 0 saturated carbocycles. The van der Waals surface area contributed by atoms with Crippen LogP contribution in [0.1, 0.15) is 31.1 Å². The number of thiazole rings is 1. The molecule has 28 heavy (non-hydrogen) atoms. The van der Waals surface area contributed by atoms with Crippen molar-refractivity contribution in [1.82, 2.24) is 14.9 Å². The van der Waals surface area contributed by atoms with E-state index in [1.54, 1.807) is 35.2 Å². The normalized spacial score (nSPS) is 20.4. The smallest absolute Gasteiger partial charge is 0.148 e. The van der Waals surface area contributed by atoms with Gasteiger partial charge in [-0.25, -0.2) is 14.4 Å². The van der Waals surface area contributed by atoms with Crippen molar-refractivity contribution in [2.75, 3.05) is 18.4 Å². The minimum atomic E-state index is -0.264. The molecule has 7 heteroatoms. The van der Waals surface area contributed by atoms with Crippen molar-refractivity contribution in [2.24, 2.45) is 0 Å². The number of benzene rings is 1. The molecule has 2 atom stereocenters. The number of likely N-dealkylation sites (N-methyl/N-ethyl adjacent to an activating group) is 1. The van der Waals surface area contributed by atoms with E-state index in [4.69, 9.17) is 0 Å². The van der Waals surface area contributed by atoms with Gasteiger partial charge in [0.15, 0.2) is 0 Å². The number of thiophene rings is 1. The van der Waals surface area contributed by atoms with Crippen molar-refractivity contribution in [2.45, 2.75) is 32.2 Å². The Hall–Kier alpha value is -2.09. The van der Waals surface area contributed by atoms with Crippen molar-refractivity contribution in [1.29, 1.82) is 0 Å². The first-order valence-electron chi connectivity index (χ1n) is 9.56. The molecule has 4 nitrogen and oxygen atoms in total. The fourth-order valence-corrected chi connectivity index (χ4v) is 6.14. The minimum absolute atomic E-state index is 0.264. The van der Waals surface area contributed by atoms with Gasteiger partial charge in [-0.2, -0.15) is 0 Å². The lowest BCUT2D eigenvalue weighted by Crippen LogP contribution is -2.28. The fourth-order valence-electron chi connectivity index (χ4n) is 4.20. The number of aromatic nitrogens is 2. The van der Waals surface area contributed by atoms with Crippen LogP contribution in [0.2, 0.25) is 0 Å². The zero-order valence-corrected chi connectivity index (χ0v) is 17.4. The standard InChI is InChI=1S/C21H21FN4S2/c1-3-26-7-5-13(12(26)2)19-8-14-16(4-6-23-21(14)28-19)25-17-10-18-20(9-15(17)22)27-11-24-18/h4,6,8-13H,3,5,7H2,1-2H3,(H,23,25)/t12-,13-/m1/s1. The van der Waals surface area contributed by atoms with Gasteiger partial charge in [0.25, 0.3) is 0 Å². The van der Waals surface area contributed by atoms with Crippen molar-refractivity contribution in [3.63, 3.8) is 0 Å². The highest BCUT2D eigenvalue weighted by Crippen LogP contribution is 2.41. The van der Waals surface area contributed by atoms with Crippen LogP contribution in [0.5, 0.6) is 0 Å². The number of halogens is 1. The first-order chi connectivity index (χ1) is 13.6. The van der Waals surface area contributed by atoms with Crippen molar-refractivity contribution in [3.8, 4) is 0 Å². The van der Waals surface area contributed by atoms with E-state index in [0.29, 0.717) is 17.6 Å². The summed E-state index contributed by atoms with van der Waals surface area (Å²) in [7, 11) is 0. The molecule has 1 saturated heterocycles. The second-order valence-electron chi connectivity index (χ2n) is 7.27. The molecule has 1 aliphatic heterocycles. The lowest BCUT2D eigenvalue weighted by molar-refractivity contribution is 0.274. The van der Waals surface area contributed by atoms with Crippen LogP contribution in [0.25, 0.3) is 20.4 Å². The number of nitrogens with one attached hydrogen (secondary N) is 1. The summed E-state index contributed by atoms with van der Waals surface area (Å²) in [5.41, 5.74) is 3.89. The fraction of sp³-hybridized carbons (Fsp3) is 0.333. The Labute approximate surface area is 171 Å². The predicted molar refractivity (Wildman–Crippen MR) is 117 cm³/mol. The summed E-state index contributed by atoms with van der Waals surface area (Å²) in [4.78, 5) is 13.8. The number of fused-ring (bicyclic) bond motifs is 2. The topological polar surface area (TPSA) is 41.0 Å². The molecular formula is C21H21FN4S2. The maximum atomic E-state index is 14.6. The second-order valence-corrected chi connectivity index (χ2v) is 9.22.